The maximum atomic E-state index is 12.5. The molecule has 176 valence electrons. The molecular formula is C17H27F9O3. The average Bonchev–Trinajstić information content (AvgIpc) is 2.55. The van der Waals surface area contributed by atoms with E-state index >= 15 is 0 Å². The molecular weight excluding hydrogens is 423 g/mol. The summed E-state index contributed by atoms with van der Waals surface area (Å²) in [5.74, 6) is -4.45. The molecule has 0 aliphatic carbocycles. The van der Waals surface area contributed by atoms with Gasteiger partial charge in [0.1, 0.15) is 19.8 Å². The van der Waals surface area contributed by atoms with E-state index in [2.05, 4.69) is 14.2 Å². The van der Waals surface area contributed by atoms with Gasteiger partial charge in [-0.3, -0.25) is 0 Å². The largest absolute Gasteiger partial charge is 0.412 e. The minimum atomic E-state index is -5.01. The SMILES string of the molecule is CCCCCCCCC(C)C(OCC(F)(F)F)(OCC(F)(F)F)OCC(F)(F)F. The summed E-state index contributed by atoms with van der Waals surface area (Å²) in [6, 6.07) is 0. The van der Waals surface area contributed by atoms with E-state index < -0.39 is 50.2 Å². The van der Waals surface area contributed by atoms with Gasteiger partial charge in [0.05, 0.1) is 0 Å². The monoisotopic (exact) mass is 450 g/mol. The van der Waals surface area contributed by atoms with E-state index in [0.717, 1.165) is 32.6 Å². The Balaban J connectivity index is 5.31. The lowest BCUT2D eigenvalue weighted by molar-refractivity contribution is -0.441. The van der Waals surface area contributed by atoms with E-state index in [4.69, 9.17) is 0 Å². The lowest BCUT2D eigenvalue weighted by Crippen LogP contribution is -2.50. The van der Waals surface area contributed by atoms with Crippen LogP contribution in [-0.2, 0) is 14.2 Å². The zero-order chi connectivity index (χ0) is 22.8. The first-order valence-corrected chi connectivity index (χ1v) is 9.22. The summed E-state index contributed by atoms with van der Waals surface area (Å²) >= 11 is 0. The van der Waals surface area contributed by atoms with Crippen LogP contribution in [-0.4, -0.2) is 44.3 Å². The van der Waals surface area contributed by atoms with Gasteiger partial charge in [0.15, 0.2) is 0 Å². The van der Waals surface area contributed by atoms with Crippen molar-refractivity contribution in [1.82, 2.24) is 0 Å². The van der Waals surface area contributed by atoms with E-state index in [1.807, 2.05) is 6.92 Å². The fourth-order valence-corrected chi connectivity index (χ4v) is 2.51. The Kier molecular flexibility index (Phi) is 11.9. The second kappa shape index (κ2) is 12.2. The minimum absolute atomic E-state index is 0.0420. The van der Waals surface area contributed by atoms with Gasteiger partial charge < -0.3 is 14.2 Å². The summed E-state index contributed by atoms with van der Waals surface area (Å²) in [6.45, 7) is -3.24. The highest BCUT2D eigenvalue weighted by atomic mass is 19.4. The Morgan fingerprint density at radius 2 is 0.931 bits per heavy atom. The van der Waals surface area contributed by atoms with Crippen molar-refractivity contribution in [2.75, 3.05) is 19.8 Å². The van der Waals surface area contributed by atoms with E-state index in [9.17, 15) is 39.5 Å². The molecule has 1 atom stereocenters. The van der Waals surface area contributed by atoms with E-state index in [1.54, 1.807) is 0 Å². The molecule has 0 fully saturated rings. The van der Waals surface area contributed by atoms with Gasteiger partial charge in [0.25, 0.3) is 5.97 Å². The molecule has 0 N–H and O–H groups in total. The van der Waals surface area contributed by atoms with Crippen LogP contribution < -0.4 is 0 Å². The first-order chi connectivity index (χ1) is 13.1. The number of ether oxygens (including phenoxy) is 3. The second-order valence-corrected chi connectivity index (χ2v) is 6.77. The molecule has 3 nitrogen and oxygen atoms in total. The molecule has 0 aliphatic heterocycles. The van der Waals surface area contributed by atoms with Gasteiger partial charge in [0.2, 0.25) is 0 Å². The van der Waals surface area contributed by atoms with Gasteiger partial charge in [-0.15, -0.1) is 0 Å². The summed E-state index contributed by atoms with van der Waals surface area (Å²) < 4.78 is 126. The van der Waals surface area contributed by atoms with E-state index in [1.165, 1.54) is 0 Å². The topological polar surface area (TPSA) is 27.7 Å². The normalized spacial score (nSPS) is 15.0. The third-order valence-corrected chi connectivity index (χ3v) is 3.91. The van der Waals surface area contributed by atoms with E-state index in [-0.39, 0.29) is 6.42 Å². The van der Waals surface area contributed by atoms with Crippen LogP contribution in [0, 0.1) is 5.92 Å². The lowest BCUT2D eigenvalue weighted by atomic mass is 9.99. The van der Waals surface area contributed by atoms with Crippen molar-refractivity contribution in [1.29, 1.82) is 0 Å². The van der Waals surface area contributed by atoms with Crippen LogP contribution in [0.3, 0.4) is 0 Å². The minimum Gasteiger partial charge on any atom is -0.318 e. The Morgan fingerprint density at radius 1 is 0.586 bits per heavy atom. The number of hydrogen-bond donors (Lipinski definition) is 0. The third-order valence-electron chi connectivity index (χ3n) is 3.91. The van der Waals surface area contributed by atoms with Gasteiger partial charge in [-0.05, 0) is 6.42 Å². The molecule has 0 spiro atoms. The Hall–Kier alpha value is -0.750. The number of unbranched alkanes of at least 4 members (excludes halogenated alkanes) is 5. The predicted molar refractivity (Wildman–Crippen MR) is 85.9 cm³/mol. The zero-order valence-corrected chi connectivity index (χ0v) is 16.3. The molecule has 0 aromatic rings. The van der Waals surface area contributed by atoms with Crippen molar-refractivity contribution in [3.8, 4) is 0 Å². The Morgan fingerprint density at radius 3 is 1.28 bits per heavy atom. The lowest BCUT2D eigenvalue weighted by Gasteiger charge is -2.38. The highest BCUT2D eigenvalue weighted by molar-refractivity contribution is 4.72. The van der Waals surface area contributed by atoms with Crippen LogP contribution in [0.1, 0.15) is 58.8 Å². The molecule has 0 radical (unpaired) electrons. The summed E-state index contributed by atoms with van der Waals surface area (Å²) in [6.07, 6.45) is -10.5. The van der Waals surface area contributed by atoms with Crippen molar-refractivity contribution in [3.05, 3.63) is 0 Å². The van der Waals surface area contributed by atoms with Gasteiger partial charge >= 0.3 is 18.5 Å². The fraction of sp³-hybridized carbons (Fsp3) is 1.00. The van der Waals surface area contributed by atoms with Crippen molar-refractivity contribution < 1.29 is 53.7 Å². The van der Waals surface area contributed by atoms with Crippen LogP contribution in [0.4, 0.5) is 39.5 Å². The van der Waals surface area contributed by atoms with Crippen molar-refractivity contribution in [3.63, 3.8) is 0 Å². The Labute approximate surface area is 163 Å². The first kappa shape index (κ1) is 28.2. The molecule has 0 saturated carbocycles. The molecule has 0 aromatic carbocycles. The average molecular weight is 450 g/mol. The van der Waals surface area contributed by atoms with Gasteiger partial charge in [-0.1, -0.05) is 52.4 Å². The first-order valence-electron chi connectivity index (χ1n) is 9.22. The molecule has 0 bridgehead atoms. The molecule has 12 heteroatoms. The predicted octanol–water partition coefficient (Wildman–Crippen LogP) is 6.76. The molecule has 0 heterocycles. The third kappa shape index (κ3) is 14.8. The zero-order valence-electron chi connectivity index (χ0n) is 16.3. The number of alkyl halides is 9. The molecule has 1 unspecified atom stereocenters. The molecule has 29 heavy (non-hydrogen) atoms. The van der Waals surface area contributed by atoms with Crippen LogP contribution in [0.5, 0.6) is 0 Å². The number of rotatable bonds is 14. The molecule has 0 aromatic heterocycles. The molecule has 0 aliphatic rings. The second-order valence-electron chi connectivity index (χ2n) is 6.77. The van der Waals surface area contributed by atoms with Gasteiger partial charge in [0, 0.05) is 5.92 Å². The van der Waals surface area contributed by atoms with Crippen LogP contribution in [0.15, 0.2) is 0 Å². The summed E-state index contributed by atoms with van der Waals surface area (Å²) in [7, 11) is 0. The standard InChI is InChI=1S/C17H27F9O3/c1-3-4-5-6-7-8-9-13(2)17(27-10-14(18,19)20,28-11-15(21,22)23)29-12-16(24,25)26/h13H,3-12H2,1-2H3. The Bertz CT molecular complexity index is 388. The molecule has 0 amide bonds. The summed E-state index contributed by atoms with van der Waals surface area (Å²) in [4.78, 5) is 0. The highest BCUT2D eigenvalue weighted by Gasteiger charge is 2.48. The van der Waals surface area contributed by atoms with Crippen LogP contribution >= 0.6 is 0 Å². The van der Waals surface area contributed by atoms with Crippen molar-refractivity contribution in [2.24, 2.45) is 5.92 Å². The van der Waals surface area contributed by atoms with Gasteiger partial charge in [-0.2, -0.15) is 39.5 Å². The summed E-state index contributed by atoms with van der Waals surface area (Å²) in [5.41, 5.74) is 0. The summed E-state index contributed by atoms with van der Waals surface area (Å²) in [5, 5.41) is 0. The fourth-order valence-electron chi connectivity index (χ4n) is 2.51. The van der Waals surface area contributed by atoms with Gasteiger partial charge in [-0.25, -0.2) is 0 Å². The molecule has 0 saturated heterocycles. The smallest absolute Gasteiger partial charge is 0.318 e. The number of halogens is 9. The van der Waals surface area contributed by atoms with Crippen molar-refractivity contribution >= 4 is 0 Å². The molecule has 0 rings (SSSR count). The van der Waals surface area contributed by atoms with Crippen LogP contribution in [0.2, 0.25) is 0 Å². The van der Waals surface area contributed by atoms with Crippen LogP contribution in [0.25, 0.3) is 0 Å². The maximum Gasteiger partial charge on any atom is 0.412 e. The number of hydrogen-bond acceptors (Lipinski definition) is 3. The van der Waals surface area contributed by atoms with E-state index in [0.29, 0.717) is 12.8 Å². The highest BCUT2D eigenvalue weighted by Crippen LogP contribution is 2.35. The quantitative estimate of drug-likeness (QED) is 0.166. The van der Waals surface area contributed by atoms with Crippen molar-refractivity contribution in [2.45, 2.75) is 83.3 Å². The maximum absolute atomic E-state index is 12.5.